The summed E-state index contributed by atoms with van der Waals surface area (Å²) < 4.78 is 1.70. The van der Waals surface area contributed by atoms with Crippen LogP contribution in [0.3, 0.4) is 0 Å². The molecule has 90 valence electrons. The lowest BCUT2D eigenvalue weighted by atomic mass is 9.91. The van der Waals surface area contributed by atoms with Crippen LogP contribution in [0.15, 0.2) is 24.3 Å². The molecule has 1 aliphatic rings. The van der Waals surface area contributed by atoms with Crippen LogP contribution < -0.4 is 11.1 Å². The minimum Gasteiger partial charge on any atom is -0.393 e. The molecule has 5 heteroatoms. The van der Waals surface area contributed by atoms with Crippen molar-refractivity contribution in [3.8, 4) is 11.8 Å². The van der Waals surface area contributed by atoms with Gasteiger partial charge >= 0.3 is 0 Å². The summed E-state index contributed by atoms with van der Waals surface area (Å²) in [6, 6.07) is 9.99. The molecule has 0 atom stereocenters. The van der Waals surface area contributed by atoms with Gasteiger partial charge in [-0.1, -0.05) is 18.2 Å². The van der Waals surface area contributed by atoms with E-state index in [4.69, 9.17) is 11.0 Å². The van der Waals surface area contributed by atoms with Crippen molar-refractivity contribution in [1.29, 1.82) is 5.26 Å². The van der Waals surface area contributed by atoms with Crippen LogP contribution in [0.2, 0.25) is 0 Å². The number of para-hydroxylation sites is 1. The Balaban J connectivity index is 2.35. The molecule has 3 rings (SSSR count). The molecule has 2 aromatic rings. The van der Waals surface area contributed by atoms with Gasteiger partial charge in [0.25, 0.3) is 0 Å². The number of nitrogens with two attached hydrogens (primary N) is 1. The van der Waals surface area contributed by atoms with E-state index in [0.29, 0.717) is 11.5 Å². The van der Waals surface area contributed by atoms with Crippen molar-refractivity contribution in [2.24, 2.45) is 0 Å². The largest absolute Gasteiger partial charge is 0.393 e. The maximum Gasteiger partial charge on any atom is 0.188 e. The molecule has 0 unspecified atom stereocenters. The van der Waals surface area contributed by atoms with Crippen molar-refractivity contribution in [2.45, 2.75) is 19.4 Å². The van der Waals surface area contributed by atoms with Gasteiger partial charge in [0.15, 0.2) is 11.5 Å². The van der Waals surface area contributed by atoms with Gasteiger partial charge in [-0.2, -0.15) is 10.4 Å². The molecule has 3 N–H and O–H groups in total. The van der Waals surface area contributed by atoms with Gasteiger partial charge < -0.3 is 11.1 Å². The molecule has 2 heterocycles. The quantitative estimate of drug-likeness (QED) is 0.736. The molecule has 18 heavy (non-hydrogen) atoms. The van der Waals surface area contributed by atoms with Gasteiger partial charge in [0.1, 0.15) is 11.8 Å². The summed E-state index contributed by atoms with van der Waals surface area (Å²) in [5, 5.41) is 16.6. The molecule has 1 aliphatic heterocycles. The monoisotopic (exact) mass is 239 g/mol. The van der Waals surface area contributed by atoms with E-state index in [1.165, 1.54) is 0 Å². The first kappa shape index (κ1) is 10.7. The summed E-state index contributed by atoms with van der Waals surface area (Å²) >= 11 is 0. The lowest BCUT2D eigenvalue weighted by Gasteiger charge is -2.34. The highest BCUT2D eigenvalue weighted by atomic mass is 15.4. The molecular weight excluding hydrogens is 226 g/mol. The van der Waals surface area contributed by atoms with E-state index in [0.717, 1.165) is 11.3 Å². The number of rotatable bonds is 0. The van der Waals surface area contributed by atoms with Crippen molar-refractivity contribution in [3.05, 3.63) is 35.5 Å². The minimum absolute atomic E-state index is 0.243. The van der Waals surface area contributed by atoms with Crippen molar-refractivity contribution in [1.82, 2.24) is 9.78 Å². The lowest BCUT2D eigenvalue weighted by molar-refractivity contribution is 0.575. The highest BCUT2D eigenvalue weighted by molar-refractivity contribution is 5.74. The van der Waals surface area contributed by atoms with E-state index in [2.05, 4.69) is 30.3 Å². The molecule has 1 aromatic carbocycles. The SMILES string of the molecule is CC1(C)Nc2c(N)c(C#N)nn2-c2ccccc21. The number of nitrogens with one attached hydrogen (secondary N) is 1. The Labute approximate surface area is 105 Å². The van der Waals surface area contributed by atoms with E-state index >= 15 is 0 Å². The van der Waals surface area contributed by atoms with Gasteiger partial charge in [-0.25, -0.2) is 4.68 Å². The highest BCUT2D eigenvalue weighted by Crippen LogP contribution is 2.39. The average Bonchev–Trinajstić information content (AvgIpc) is 2.66. The number of aromatic nitrogens is 2. The maximum absolute atomic E-state index is 9.01. The average molecular weight is 239 g/mol. The molecule has 1 aromatic heterocycles. The van der Waals surface area contributed by atoms with Crippen LogP contribution in [0.25, 0.3) is 5.69 Å². The zero-order valence-corrected chi connectivity index (χ0v) is 10.2. The van der Waals surface area contributed by atoms with Gasteiger partial charge in [0.2, 0.25) is 0 Å². The molecule has 0 fully saturated rings. The van der Waals surface area contributed by atoms with E-state index in [1.54, 1.807) is 4.68 Å². The van der Waals surface area contributed by atoms with E-state index in [9.17, 15) is 0 Å². The Kier molecular flexibility index (Phi) is 1.93. The third kappa shape index (κ3) is 1.23. The molecule has 0 radical (unpaired) electrons. The smallest absolute Gasteiger partial charge is 0.188 e. The van der Waals surface area contributed by atoms with Crippen LogP contribution in [-0.4, -0.2) is 9.78 Å². The second kappa shape index (κ2) is 3.26. The van der Waals surface area contributed by atoms with E-state index < -0.39 is 0 Å². The summed E-state index contributed by atoms with van der Waals surface area (Å²) in [6.07, 6.45) is 0. The number of fused-ring (bicyclic) bond motifs is 3. The first-order valence-electron chi connectivity index (χ1n) is 5.71. The number of hydrogen-bond donors (Lipinski definition) is 2. The fraction of sp³-hybridized carbons (Fsp3) is 0.231. The highest BCUT2D eigenvalue weighted by Gasteiger charge is 2.33. The first-order valence-corrected chi connectivity index (χ1v) is 5.71. The van der Waals surface area contributed by atoms with Crippen molar-refractivity contribution < 1.29 is 0 Å². The van der Waals surface area contributed by atoms with Crippen LogP contribution in [0.1, 0.15) is 25.1 Å². The van der Waals surface area contributed by atoms with Gasteiger partial charge in [0, 0.05) is 5.56 Å². The van der Waals surface area contributed by atoms with E-state index in [1.807, 2.05) is 24.3 Å². The number of nitrogen functional groups attached to an aromatic ring is 1. The Hall–Kier alpha value is -2.48. The third-order valence-electron chi connectivity index (χ3n) is 3.26. The molecule has 0 amide bonds. The molecule has 0 saturated heterocycles. The molecule has 0 saturated carbocycles. The van der Waals surface area contributed by atoms with Crippen molar-refractivity contribution in [2.75, 3.05) is 11.1 Å². The van der Waals surface area contributed by atoms with Gasteiger partial charge in [-0.3, -0.25) is 0 Å². The Morgan fingerprint density at radius 3 is 2.83 bits per heavy atom. The predicted molar refractivity (Wildman–Crippen MR) is 69.3 cm³/mol. The molecule has 5 nitrogen and oxygen atoms in total. The second-order valence-electron chi connectivity index (χ2n) is 4.90. The summed E-state index contributed by atoms with van der Waals surface area (Å²) in [5.74, 6) is 0.690. The number of hydrogen-bond acceptors (Lipinski definition) is 4. The molecule has 0 aliphatic carbocycles. The van der Waals surface area contributed by atoms with Gasteiger partial charge in [0.05, 0.1) is 11.2 Å². The lowest BCUT2D eigenvalue weighted by Crippen LogP contribution is -2.34. The standard InChI is InChI=1S/C13H13N5/c1-13(2)8-5-3-4-6-10(8)18-12(16-13)11(15)9(7-14)17-18/h3-6,16H,15H2,1-2H3. The topological polar surface area (TPSA) is 79.7 Å². The fourth-order valence-corrected chi connectivity index (χ4v) is 2.36. The second-order valence-corrected chi connectivity index (χ2v) is 4.90. The summed E-state index contributed by atoms with van der Waals surface area (Å²) in [5.41, 5.74) is 8.45. The Morgan fingerprint density at radius 2 is 2.11 bits per heavy atom. The fourth-order valence-electron chi connectivity index (χ4n) is 2.36. The number of nitrogens with zero attached hydrogens (tertiary/aromatic N) is 3. The van der Waals surface area contributed by atoms with Crippen LogP contribution in [-0.2, 0) is 5.54 Å². The van der Waals surface area contributed by atoms with Gasteiger partial charge in [-0.05, 0) is 19.9 Å². The Morgan fingerprint density at radius 1 is 1.39 bits per heavy atom. The normalized spacial score (nSPS) is 15.2. The van der Waals surface area contributed by atoms with Crippen LogP contribution in [0.4, 0.5) is 11.5 Å². The van der Waals surface area contributed by atoms with E-state index in [-0.39, 0.29) is 11.2 Å². The maximum atomic E-state index is 9.01. The number of benzene rings is 1. The molecule has 0 bridgehead atoms. The van der Waals surface area contributed by atoms with Crippen LogP contribution >= 0.6 is 0 Å². The predicted octanol–water partition coefficient (Wildman–Crippen LogP) is 1.99. The van der Waals surface area contributed by atoms with Crippen LogP contribution in [0.5, 0.6) is 0 Å². The number of anilines is 2. The third-order valence-corrected chi connectivity index (χ3v) is 3.26. The Bertz CT molecular complexity index is 675. The zero-order valence-electron chi connectivity index (χ0n) is 10.2. The summed E-state index contributed by atoms with van der Waals surface area (Å²) in [4.78, 5) is 0. The van der Waals surface area contributed by atoms with Crippen LogP contribution in [0, 0.1) is 11.3 Å². The molecule has 0 spiro atoms. The first-order chi connectivity index (χ1) is 8.54. The van der Waals surface area contributed by atoms with Crippen molar-refractivity contribution in [3.63, 3.8) is 0 Å². The summed E-state index contributed by atoms with van der Waals surface area (Å²) in [6.45, 7) is 4.15. The van der Waals surface area contributed by atoms with Gasteiger partial charge in [-0.15, -0.1) is 0 Å². The van der Waals surface area contributed by atoms with Crippen molar-refractivity contribution >= 4 is 11.5 Å². The number of nitriles is 1. The summed E-state index contributed by atoms with van der Waals surface area (Å²) in [7, 11) is 0. The molecular formula is C13H13N5. The minimum atomic E-state index is -0.243. The zero-order chi connectivity index (χ0) is 12.9.